The monoisotopic (exact) mass is 358 g/mol. The maximum atomic E-state index is 12.1. The number of amides is 1. The molecule has 1 aromatic heterocycles. The van der Waals surface area contributed by atoms with Crippen molar-refractivity contribution in [3.63, 3.8) is 0 Å². The molecule has 0 spiro atoms. The number of nitrogens with one attached hydrogen (secondary N) is 2. The van der Waals surface area contributed by atoms with E-state index in [4.69, 9.17) is 23.2 Å². The van der Waals surface area contributed by atoms with Crippen LogP contribution in [0.2, 0.25) is 10.0 Å². The van der Waals surface area contributed by atoms with Gasteiger partial charge < -0.3 is 10.6 Å². The van der Waals surface area contributed by atoms with E-state index >= 15 is 0 Å². The number of rotatable bonds is 4. The molecule has 3 rings (SSSR count). The quantitative estimate of drug-likeness (QED) is 0.704. The lowest BCUT2D eigenvalue weighted by molar-refractivity contribution is 0.102. The second kappa shape index (κ2) is 7.29. The third-order valence-corrected chi connectivity index (χ3v) is 3.56. The highest BCUT2D eigenvalue weighted by Crippen LogP contribution is 2.19. The highest BCUT2D eigenvalue weighted by molar-refractivity contribution is 6.31. The Bertz CT molecular complexity index is 868. The first-order chi connectivity index (χ1) is 11.6. The SMILES string of the molecule is O=C(Nc1ccc(Nc2cccc(Cl)c2)nn1)c1cccc(Cl)c1. The van der Waals surface area contributed by atoms with E-state index in [9.17, 15) is 4.79 Å². The van der Waals surface area contributed by atoms with Crippen LogP contribution < -0.4 is 10.6 Å². The molecule has 0 aliphatic heterocycles. The summed E-state index contributed by atoms with van der Waals surface area (Å²) in [6.45, 7) is 0. The van der Waals surface area contributed by atoms with Crippen LogP contribution in [0.5, 0.6) is 0 Å². The van der Waals surface area contributed by atoms with Crippen LogP contribution >= 0.6 is 23.2 Å². The second-order valence-corrected chi connectivity index (χ2v) is 5.78. The molecule has 0 unspecified atom stereocenters. The predicted octanol–water partition coefficient (Wildman–Crippen LogP) is 4.78. The van der Waals surface area contributed by atoms with Crippen molar-refractivity contribution >= 4 is 46.4 Å². The first-order valence-corrected chi connectivity index (χ1v) is 7.79. The largest absolute Gasteiger partial charge is 0.339 e. The zero-order valence-electron chi connectivity index (χ0n) is 12.3. The number of benzene rings is 2. The Morgan fingerprint density at radius 2 is 1.50 bits per heavy atom. The maximum Gasteiger partial charge on any atom is 0.256 e. The summed E-state index contributed by atoms with van der Waals surface area (Å²) < 4.78 is 0. The van der Waals surface area contributed by atoms with Crippen LogP contribution in [-0.4, -0.2) is 16.1 Å². The van der Waals surface area contributed by atoms with Crippen molar-refractivity contribution < 1.29 is 4.79 Å². The van der Waals surface area contributed by atoms with Gasteiger partial charge in [-0.05, 0) is 48.5 Å². The fraction of sp³-hybridized carbons (Fsp3) is 0. The average molecular weight is 359 g/mol. The normalized spacial score (nSPS) is 10.2. The van der Waals surface area contributed by atoms with Gasteiger partial charge in [0.2, 0.25) is 0 Å². The van der Waals surface area contributed by atoms with Crippen LogP contribution in [-0.2, 0) is 0 Å². The zero-order chi connectivity index (χ0) is 16.9. The molecular weight excluding hydrogens is 347 g/mol. The van der Waals surface area contributed by atoms with Crippen molar-refractivity contribution in [2.75, 3.05) is 10.6 Å². The molecule has 0 radical (unpaired) electrons. The lowest BCUT2D eigenvalue weighted by atomic mass is 10.2. The zero-order valence-corrected chi connectivity index (χ0v) is 13.8. The molecule has 0 atom stereocenters. The van der Waals surface area contributed by atoms with Gasteiger partial charge in [-0.25, -0.2) is 0 Å². The minimum atomic E-state index is -0.303. The average Bonchev–Trinajstić information content (AvgIpc) is 2.57. The smallest absolute Gasteiger partial charge is 0.256 e. The first-order valence-electron chi connectivity index (χ1n) is 7.03. The summed E-state index contributed by atoms with van der Waals surface area (Å²) >= 11 is 11.8. The molecule has 3 aromatic rings. The fourth-order valence-corrected chi connectivity index (χ4v) is 2.38. The molecule has 5 nitrogen and oxygen atoms in total. The Morgan fingerprint density at radius 3 is 2.17 bits per heavy atom. The molecule has 2 N–H and O–H groups in total. The van der Waals surface area contributed by atoms with Crippen LogP contribution in [0.1, 0.15) is 10.4 Å². The molecular formula is C17H12Cl2N4O. The van der Waals surface area contributed by atoms with Gasteiger partial charge in [0.1, 0.15) is 0 Å². The van der Waals surface area contributed by atoms with Crippen molar-refractivity contribution in [3.8, 4) is 0 Å². The van der Waals surface area contributed by atoms with E-state index in [1.807, 2.05) is 12.1 Å². The molecule has 0 aliphatic rings. The van der Waals surface area contributed by atoms with Gasteiger partial charge >= 0.3 is 0 Å². The first kappa shape index (κ1) is 16.2. The highest BCUT2D eigenvalue weighted by Gasteiger charge is 2.08. The van der Waals surface area contributed by atoms with Gasteiger partial charge in [0.25, 0.3) is 5.91 Å². The van der Waals surface area contributed by atoms with E-state index in [0.29, 0.717) is 27.2 Å². The summed E-state index contributed by atoms with van der Waals surface area (Å²) in [6, 6.07) is 17.3. The summed E-state index contributed by atoms with van der Waals surface area (Å²) in [5.74, 6) is 0.581. The summed E-state index contributed by atoms with van der Waals surface area (Å²) in [7, 11) is 0. The fourth-order valence-electron chi connectivity index (χ4n) is 2.00. The molecule has 0 saturated carbocycles. The van der Waals surface area contributed by atoms with Crippen molar-refractivity contribution in [1.82, 2.24) is 10.2 Å². The Morgan fingerprint density at radius 1 is 0.833 bits per heavy atom. The molecule has 0 fully saturated rings. The van der Waals surface area contributed by atoms with Gasteiger partial charge in [0, 0.05) is 21.3 Å². The molecule has 1 heterocycles. The van der Waals surface area contributed by atoms with Crippen molar-refractivity contribution in [2.45, 2.75) is 0 Å². The van der Waals surface area contributed by atoms with Gasteiger partial charge in [-0.3, -0.25) is 4.79 Å². The summed E-state index contributed by atoms with van der Waals surface area (Å²) in [6.07, 6.45) is 0. The van der Waals surface area contributed by atoms with E-state index in [2.05, 4.69) is 20.8 Å². The van der Waals surface area contributed by atoms with Gasteiger partial charge in [0.05, 0.1) is 0 Å². The predicted molar refractivity (Wildman–Crippen MR) is 96.2 cm³/mol. The lowest BCUT2D eigenvalue weighted by Crippen LogP contribution is -2.13. The van der Waals surface area contributed by atoms with Crippen molar-refractivity contribution in [3.05, 3.63) is 76.3 Å². The Labute approximate surface area is 148 Å². The minimum absolute atomic E-state index is 0.303. The molecule has 0 aliphatic carbocycles. The van der Waals surface area contributed by atoms with Crippen LogP contribution in [0.25, 0.3) is 0 Å². The number of hydrogen-bond donors (Lipinski definition) is 2. The van der Waals surface area contributed by atoms with Crippen LogP contribution in [0.3, 0.4) is 0 Å². The Hall–Kier alpha value is -2.63. The lowest BCUT2D eigenvalue weighted by Gasteiger charge is -2.07. The number of nitrogens with zero attached hydrogens (tertiary/aromatic N) is 2. The third-order valence-electron chi connectivity index (χ3n) is 3.09. The van der Waals surface area contributed by atoms with E-state index in [1.165, 1.54) is 0 Å². The van der Waals surface area contributed by atoms with Crippen molar-refractivity contribution in [1.29, 1.82) is 0 Å². The number of carbonyl (C=O) groups is 1. The van der Waals surface area contributed by atoms with E-state index in [-0.39, 0.29) is 5.91 Å². The number of hydrogen-bond acceptors (Lipinski definition) is 4. The summed E-state index contributed by atoms with van der Waals surface area (Å²) in [5, 5.41) is 14.9. The van der Waals surface area contributed by atoms with E-state index in [1.54, 1.807) is 48.5 Å². The molecule has 1 amide bonds. The maximum absolute atomic E-state index is 12.1. The summed E-state index contributed by atoms with van der Waals surface area (Å²) in [4.78, 5) is 12.1. The summed E-state index contributed by atoms with van der Waals surface area (Å²) in [5.41, 5.74) is 1.25. The Balaban J connectivity index is 1.67. The standard InChI is InChI=1S/C17H12Cl2N4O/c18-12-4-1-3-11(9-12)17(24)21-16-8-7-15(22-23-16)20-14-6-2-5-13(19)10-14/h1-10H,(H,20,22)(H,21,23,24). The second-order valence-electron chi connectivity index (χ2n) is 4.90. The number of aromatic nitrogens is 2. The highest BCUT2D eigenvalue weighted by atomic mass is 35.5. The van der Waals surface area contributed by atoms with Crippen LogP contribution in [0.4, 0.5) is 17.3 Å². The van der Waals surface area contributed by atoms with Gasteiger partial charge in [-0.2, -0.15) is 0 Å². The minimum Gasteiger partial charge on any atom is -0.339 e. The molecule has 0 bridgehead atoms. The molecule has 120 valence electrons. The third kappa shape index (κ3) is 4.22. The molecule has 2 aromatic carbocycles. The van der Waals surface area contributed by atoms with Crippen LogP contribution in [0, 0.1) is 0 Å². The number of anilines is 3. The Kier molecular flexibility index (Phi) is 4.93. The van der Waals surface area contributed by atoms with Crippen LogP contribution in [0.15, 0.2) is 60.7 Å². The van der Waals surface area contributed by atoms with Crippen molar-refractivity contribution in [2.24, 2.45) is 0 Å². The van der Waals surface area contributed by atoms with Gasteiger partial charge in [-0.1, -0.05) is 35.3 Å². The molecule has 0 saturated heterocycles. The molecule has 7 heteroatoms. The number of carbonyl (C=O) groups excluding carboxylic acids is 1. The van der Waals surface area contributed by atoms with Gasteiger partial charge in [-0.15, -0.1) is 10.2 Å². The van der Waals surface area contributed by atoms with E-state index < -0.39 is 0 Å². The topological polar surface area (TPSA) is 66.9 Å². The van der Waals surface area contributed by atoms with E-state index in [0.717, 1.165) is 5.69 Å². The van der Waals surface area contributed by atoms with Gasteiger partial charge in [0.15, 0.2) is 11.6 Å². The molecule has 24 heavy (non-hydrogen) atoms. The number of halogens is 2.